The highest BCUT2D eigenvalue weighted by atomic mass is 15.0. The lowest BCUT2D eigenvalue weighted by atomic mass is 10.2. The van der Waals surface area contributed by atoms with Crippen LogP contribution in [-0.4, -0.2) is 18.9 Å². The van der Waals surface area contributed by atoms with Crippen LogP contribution in [0.4, 0.5) is 0 Å². The van der Waals surface area contributed by atoms with E-state index in [2.05, 4.69) is 44.9 Å². The molecular formula is C13H28N2. The maximum atomic E-state index is 4.64. The van der Waals surface area contributed by atoms with Crippen LogP contribution < -0.4 is 5.32 Å². The summed E-state index contributed by atoms with van der Waals surface area (Å²) in [7, 11) is 0. The molecule has 0 saturated heterocycles. The quantitative estimate of drug-likeness (QED) is 0.507. The molecule has 0 rings (SSSR count). The predicted octanol–water partition coefficient (Wildman–Crippen LogP) is 3.48. The summed E-state index contributed by atoms with van der Waals surface area (Å²) in [5.41, 5.74) is 0. The van der Waals surface area contributed by atoms with Crippen molar-refractivity contribution in [3.05, 3.63) is 0 Å². The standard InChI is InChI=1S/C13H28N2/c1-6-7-8-13(14-9-11(2)3)15-10-12(4)5/h11-12H,6-10H2,1-5H3,(H,14,15). The zero-order chi connectivity index (χ0) is 11.7. The fraction of sp³-hybridized carbons (Fsp3) is 0.923. The van der Waals surface area contributed by atoms with E-state index < -0.39 is 0 Å². The molecule has 0 atom stereocenters. The molecule has 0 spiro atoms. The minimum absolute atomic E-state index is 0.655. The van der Waals surface area contributed by atoms with Crippen LogP contribution in [0.5, 0.6) is 0 Å². The van der Waals surface area contributed by atoms with Gasteiger partial charge in [0, 0.05) is 19.5 Å². The van der Waals surface area contributed by atoms with Gasteiger partial charge in [-0.3, -0.25) is 4.99 Å². The number of unbranched alkanes of at least 4 members (excludes halogenated alkanes) is 1. The molecule has 0 saturated carbocycles. The van der Waals surface area contributed by atoms with Crippen molar-refractivity contribution in [3.63, 3.8) is 0 Å². The first kappa shape index (κ1) is 14.5. The van der Waals surface area contributed by atoms with Gasteiger partial charge < -0.3 is 5.32 Å². The lowest BCUT2D eigenvalue weighted by molar-refractivity contribution is 0.610. The Hall–Kier alpha value is -0.530. The molecule has 0 aliphatic carbocycles. The molecule has 0 unspecified atom stereocenters. The molecule has 1 N–H and O–H groups in total. The van der Waals surface area contributed by atoms with E-state index in [0.717, 1.165) is 19.5 Å². The highest BCUT2D eigenvalue weighted by molar-refractivity contribution is 5.82. The van der Waals surface area contributed by atoms with E-state index in [0.29, 0.717) is 11.8 Å². The molecule has 0 amide bonds. The minimum Gasteiger partial charge on any atom is -0.374 e. The van der Waals surface area contributed by atoms with E-state index in [1.807, 2.05) is 0 Å². The van der Waals surface area contributed by atoms with E-state index in [-0.39, 0.29) is 0 Å². The van der Waals surface area contributed by atoms with Gasteiger partial charge in [-0.1, -0.05) is 41.0 Å². The molecular weight excluding hydrogens is 184 g/mol. The zero-order valence-corrected chi connectivity index (χ0v) is 11.1. The van der Waals surface area contributed by atoms with Crippen molar-refractivity contribution < 1.29 is 0 Å². The van der Waals surface area contributed by atoms with Gasteiger partial charge in [-0.25, -0.2) is 0 Å². The van der Waals surface area contributed by atoms with Crippen LogP contribution in [0.2, 0.25) is 0 Å². The molecule has 0 radical (unpaired) electrons. The molecule has 0 heterocycles. The summed E-state index contributed by atoms with van der Waals surface area (Å²) in [6.07, 6.45) is 3.59. The fourth-order valence-electron chi connectivity index (χ4n) is 1.18. The Morgan fingerprint density at radius 2 is 1.80 bits per heavy atom. The normalized spacial score (nSPS) is 12.6. The van der Waals surface area contributed by atoms with Crippen LogP contribution >= 0.6 is 0 Å². The molecule has 0 aromatic rings. The summed E-state index contributed by atoms with van der Waals surface area (Å²) in [5.74, 6) is 2.55. The first-order chi connectivity index (χ1) is 7.06. The molecule has 15 heavy (non-hydrogen) atoms. The van der Waals surface area contributed by atoms with Crippen molar-refractivity contribution in [2.45, 2.75) is 53.9 Å². The van der Waals surface area contributed by atoms with Gasteiger partial charge in [0.15, 0.2) is 0 Å². The second-order valence-corrected chi connectivity index (χ2v) is 5.06. The second kappa shape index (κ2) is 8.75. The van der Waals surface area contributed by atoms with E-state index >= 15 is 0 Å². The summed E-state index contributed by atoms with van der Waals surface area (Å²) in [4.78, 5) is 4.64. The van der Waals surface area contributed by atoms with Gasteiger partial charge in [-0.2, -0.15) is 0 Å². The molecule has 0 aliphatic heterocycles. The Bertz CT molecular complexity index is 171. The highest BCUT2D eigenvalue weighted by Gasteiger charge is 2.00. The van der Waals surface area contributed by atoms with Crippen molar-refractivity contribution in [1.29, 1.82) is 0 Å². The maximum Gasteiger partial charge on any atom is 0.0963 e. The maximum absolute atomic E-state index is 4.64. The number of hydrogen-bond donors (Lipinski definition) is 1. The number of amidine groups is 1. The molecule has 90 valence electrons. The Labute approximate surface area is 95.6 Å². The Balaban J connectivity index is 3.98. The summed E-state index contributed by atoms with van der Waals surface area (Å²) in [6, 6.07) is 0. The van der Waals surface area contributed by atoms with Gasteiger partial charge in [0.05, 0.1) is 5.84 Å². The largest absolute Gasteiger partial charge is 0.374 e. The Morgan fingerprint density at radius 3 is 2.27 bits per heavy atom. The van der Waals surface area contributed by atoms with E-state index in [9.17, 15) is 0 Å². The number of hydrogen-bond acceptors (Lipinski definition) is 1. The van der Waals surface area contributed by atoms with Crippen LogP contribution in [0, 0.1) is 11.8 Å². The van der Waals surface area contributed by atoms with Gasteiger partial charge in [-0.05, 0) is 18.3 Å². The van der Waals surface area contributed by atoms with Crippen LogP contribution in [0.3, 0.4) is 0 Å². The van der Waals surface area contributed by atoms with Crippen molar-refractivity contribution in [2.75, 3.05) is 13.1 Å². The number of nitrogens with zero attached hydrogens (tertiary/aromatic N) is 1. The molecule has 0 aromatic carbocycles. The van der Waals surface area contributed by atoms with Gasteiger partial charge in [0.1, 0.15) is 0 Å². The van der Waals surface area contributed by atoms with Crippen LogP contribution in [-0.2, 0) is 0 Å². The summed E-state index contributed by atoms with van der Waals surface area (Å²) >= 11 is 0. The molecule has 0 bridgehead atoms. The van der Waals surface area contributed by atoms with Crippen molar-refractivity contribution in [1.82, 2.24) is 5.32 Å². The van der Waals surface area contributed by atoms with Crippen LogP contribution in [0.25, 0.3) is 0 Å². The molecule has 0 fully saturated rings. The van der Waals surface area contributed by atoms with E-state index in [1.54, 1.807) is 0 Å². The molecule has 0 aliphatic rings. The first-order valence-electron chi connectivity index (χ1n) is 6.33. The monoisotopic (exact) mass is 212 g/mol. The lowest BCUT2D eigenvalue weighted by Gasteiger charge is -2.12. The number of nitrogens with one attached hydrogen (secondary N) is 1. The SMILES string of the molecule is CCCCC(=NCC(C)C)NCC(C)C. The number of rotatable bonds is 7. The zero-order valence-electron chi connectivity index (χ0n) is 11.1. The second-order valence-electron chi connectivity index (χ2n) is 5.06. The predicted molar refractivity (Wildman–Crippen MR) is 69.5 cm³/mol. The smallest absolute Gasteiger partial charge is 0.0963 e. The van der Waals surface area contributed by atoms with Crippen molar-refractivity contribution >= 4 is 5.84 Å². The Morgan fingerprint density at radius 1 is 1.13 bits per heavy atom. The average Bonchev–Trinajstić information content (AvgIpc) is 2.16. The van der Waals surface area contributed by atoms with Crippen molar-refractivity contribution in [2.24, 2.45) is 16.8 Å². The van der Waals surface area contributed by atoms with Crippen LogP contribution in [0.15, 0.2) is 4.99 Å². The van der Waals surface area contributed by atoms with E-state index in [4.69, 9.17) is 0 Å². The third-order valence-corrected chi connectivity index (χ3v) is 2.13. The highest BCUT2D eigenvalue weighted by Crippen LogP contribution is 1.99. The summed E-state index contributed by atoms with van der Waals surface area (Å²) in [5, 5.41) is 3.46. The average molecular weight is 212 g/mol. The fourth-order valence-corrected chi connectivity index (χ4v) is 1.18. The number of aliphatic imine (C=N–C) groups is 1. The van der Waals surface area contributed by atoms with Gasteiger partial charge in [-0.15, -0.1) is 0 Å². The van der Waals surface area contributed by atoms with Crippen molar-refractivity contribution in [3.8, 4) is 0 Å². The summed E-state index contributed by atoms with van der Waals surface area (Å²) < 4.78 is 0. The first-order valence-corrected chi connectivity index (χ1v) is 6.33. The summed E-state index contributed by atoms with van der Waals surface area (Å²) in [6.45, 7) is 13.1. The topological polar surface area (TPSA) is 24.4 Å². The molecule has 2 nitrogen and oxygen atoms in total. The van der Waals surface area contributed by atoms with Crippen LogP contribution in [0.1, 0.15) is 53.9 Å². The molecule has 2 heteroatoms. The lowest BCUT2D eigenvalue weighted by Crippen LogP contribution is -2.28. The third kappa shape index (κ3) is 9.77. The van der Waals surface area contributed by atoms with Gasteiger partial charge in [0.25, 0.3) is 0 Å². The van der Waals surface area contributed by atoms with Gasteiger partial charge >= 0.3 is 0 Å². The molecule has 0 aromatic heterocycles. The third-order valence-electron chi connectivity index (χ3n) is 2.13. The minimum atomic E-state index is 0.655. The Kier molecular flexibility index (Phi) is 8.44. The van der Waals surface area contributed by atoms with Gasteiger partial charge in [0.2, 0.25) is 0 Å². The van der Waals surface area contributed by atoms with E-state index in [1.165, 1.54) is 18.7 Å².